The summed E-state index contributed by atoms with van der Waals surface area (Å²) in [6, 6.07) is 5.99. The van der Waals surface area contributed by atoms with E-state index in [9.17, 15) is 0 Å². The zero-order chi connectivity index (χ0) is 13.4. The Labute approximate surface area is 109 Å². The molecule has 1 rings (SSSR count). The molecule has 0 aliphatic carbocycles. The Hall–Kier alpha value is -1.26. The van der Waals surface area contributed by atoms with Gasteiger partial charge < -0.3 is 19.9 Å². The summed E-state index contributed by atoms with van der Waals surface area (Å²) in [6.07, 6.45) is 1.76. The number of methoxy groups -OCH3 is 2. The SMILES string of the molecule is CCC(N)Cc1ccc(OC)cc1OCCOC. The van der Waals surface area contributed by atoms with Crippen LogP contribution in [0, 0.1) is 0 Å². The van der Waals surface area contributed by atoms with Gasteiger partial charge in [-0.1, -0.05) is 13.0 Å². The van der Waals surface area contributed by atoms with E-state index < -0.39 is 0 Å². The lowest BCUT2D eigenvalue weighted by atomic mass is 10.0. The van der Waals surface area contributed by atoms with Gasteiger partial charge in [-0.25, -0.2) is 0 Å². The molecule has 0 fully saturated rings. The highest BCUT2D eigenvalue weighted by molar-refractivity contribution is 5.41. The molecule has 0 amide bonds. The standard InChI is InChI=1S/C14H23NO3/c1-4-12(15)9-11-5-6-13(17-3)10-14(11)18-8-7-16-2/h5-6,10,12H,4,7-9,15H2,1-3H3. The topological polar surface area (TPSA) is 53.7 Å². The van der Waals surface area contributed by atoms with Crippen LogP contribution in [0.5, 0.6) is 11.5 Å². The second kappa shape index (κ2) is 7.95. The van der Waals surface area contributed by atoms with E-state index in [1.165, 1.54) is 0 Å². The zero-order valence-corrected chi connectivity index (χ0v) is 11.4. The quantitative estimate of drug-likeness (QED) is 0.720. The van der Waals surface area contributed by atoms with Crippen LogP contribution in [0.15, 0.2) is 18.2 Å². The number of rotatable bonds is 8. The van der Waals surface area contributed by atoms with Gasteiger partial charge in [-0.2, -0.15) is 0 Å². The van der Waals surface area contributed by atoms with Gasteiger partial charge in [0.1, 0.15) is 18.1 Å². The highest BCUT2D eigenvalue weighted by Gasteiger charge is 2.09. The van der Waals surface area contributed by atoms with Crippen LogP contribution in [0.2, 0.25) is 0 Å². The molecule has 1 aromatic rings. The molecule has 0 bridgehead atoms. The minimum absolute atomic E-state index is 0.156. The Morgan fingerprint density at radius 1 is 1.22 bits per heavy atom. The van der Waals surface area contributed by atoms with Crippen LogP contribution in [0.4, 0.5) is 0 Å². The van der Waals surface area contributed by atoms with Crippen molar-refractivity contribution in [2.45, 2.75) is 25.8 Å². The van der Waals surface area contributed by atoms with Gasteiger partial charge in [0.25, 0.3) is 0 Å². The maximum atomic E-state index is 5.99. The van der Waals surface area contributed by atoms with Crippen LogP contribution in [-0.4, -0.2) is 33.5 Å². The van der Waals surface area contributed by atoms with E-state index in [2.05, 4.69) is 6.92 Å². The van der Waals surface area contributed by atoms with E-state index in [-0.39, 0.29) is 6.04 Å². The number of ether oxygens (including phenoxy) is 3. The summed E-state index contributed by atoms with van der Waals surface area (Å²) in [4.78, 5) is 0. The predicted molar refractivity (Wildman–Crippen MR) is 72.3 cm³/mol. The summed E-state index contributed by atoms with van der Waals surface area (Å²) in [5, 5.41) is 0. The van der Waals surface area contributed by atoms with Crippen molar-refractivity contribution in [3.63, 3.8) is 0 Å². The second-order valence-corrected chi connectivity index (χ2v) is 4.19. The number of nitrogens with two attached hydrogens (primary N) is 1. The third kappa shape index (κ3) is 4.55. The predicted octanol–water partition coefficient (Wildman–Crippen LogP) is 2.00. The second-order valence-electron chi connectivity index (χ2n) is 4.19. The molecular weight excluding hydrogens is 230 g/mol. The zero-order valence-electron chi connectivity index (χ0n) is 11.4. The third-order valence-corrected chi connectivity index (χ3v) is 2.83. The number of hydrogen-bond donors (Lipinski definition) is 1. The van der Waals surface area contributed by atoms with Crippen molar-refractivity contribution >= 4 is 0 Å². The van der Waals surface area contributed by atoms with Crippen LogP contribution in [0.3, 0.4) is 0 Å². The molecule has 0 radical (unpaired) electrons. The van der Waals surface area contributed by atoms with Gasteiger partial charge in [-0.05, 0) is 24.5 Å². The molecule has 0 saturated heterocycles. The van der Waals surface area contributed by atoms with E-state index in [1.807, 2.05) is 18.2 Å². The maximum absolute atomic E-state index is 5.99. The van der Waals surface area contributed by atoms with E-state index in [0.29, 0.717) is 13.2 Å². The molecule has 1 aromatic carbocycles. The molecule has 0 saturated carbocycles. The fourth-order valence-electron chi connectivity index (χ4n) is 1.63. The molecule has 18 heavy (non-hydrogen) atoms. The fraction of sp³-hybridized carbons (Fsp3) is 0.571. The lowest BCUT2D eigenvalue weighted by Gasteiger charge is -2.15. The number of benzene rings is 1. The van der Waals surface area contributed by atoms with Gasteiger partial charge in [0.15, 0.2) is 0 Å². The Kier molecular flexibility index (Phi) is 6.54. The van der Waals surface area contributed by atoms with Gasteiger partial charge in [0.2, 0.25) is 0 Å². The summed E-state index contributed by atoms with van der Waals surface area (Å²) in [7, 11) is 3.30. The summed E-state index contributed by atoms with van der Waals surface area (Å²) >= 11 is 0. The van der Waals surface area contributed by atoms with Crippen molar-refractivity contribution in [3.8, 4) is 11.5 Å². The van der Waals surface area contributed by atoms with Crippen molar-refractivity contribution in [3.05, 3.63) is 23.8 Å². The van der Waals surface area contributed by atoms with E-state index in [0.717, 1.165) is 29.9 Å². The normalized spacial score (nSPS) is 12.2. The van der Waals surface area contributed by atoms with Crippen LogP contribution in [-0.2, 0) is 11.2 Å². The van der Waals surface area contributed by atoms with Gasteiger partial charge >= 0.3 is 0 Å². The van der Waals surface area contributed by atoms with E-state index >= 15 is 0 Å². The molecule has 4 heteroatoms. The molecule has 0 spiro atoms. The largest absolute Gasteiger partial charge is 0.497 e. The smallest absolute Gasteiger partial charge is 0.126 e. The Morgan fingerprint density at radius 3 is 2.61 bits per heavy atom. The van der Waals surface area contributed by atoms with Crippen molar-refractivity contribution in [1.29, 1.82) is 0 Å². The van der Waals surface area contributed by atoms with Crippen molar-refractivity contribution in [2.75, 3.05) is 27.4 Å². The lowest BCUT2D eigenvalue weighted by Crippen LogP contribution is -2.22. The molecule has 2 N–H and O–H groups in total. The van der Waals surface area contributed by atoms with Crippen LogP contribution in [0.1, 0.15) is 18.9 Å². The molecule has 0 aromatic heterocycles. The Balaban J connectivity index is 2.79. The lowest BCUT2D eigenvalue weighted by molar-refractivity contribution is 0.145. The first kappa shape index (κ1) is 14.8. The Bertz CT molecular complexity index is 355. The van der Waals surface area contributed by atoms with Gasteiger partial charge in [0.05, 0.1) is 13.7 Å². The monoisotopic (exact) mass is 253 g/mol. The van der Waals surface area contributed by atoms with Crippen molar-refractivity contribution in [1.82, 2.24) is 0 Å². The van der Waals surface area contributed by atoms with Crippen LogP contribution < -0.4 is 15.2 Å². The average molecular weight is 253 g/mol. The first-order valence-electron chi connectivity index (χ1n) is 6.25. The van der Waals surface area contributed by atoms with Crippen molar-refractivity contribution < 1.29 is 14.2 Å². The van der Waals surface area contributed by atoms with E-state index in [4.69, 9.17) is 19.9 Å². The molecule has 0 heterocycles. The van der Waals surface area contributed by atoms with Crippen LogP contribution in [0.25, 0.3) is 0 Å². The fourth-order valence-corrected chi connectivity index (χ4v) is 1.63. The molecule has 0 aliphatic heterocycles. The molecule has 102 valence electrons. The average Bonchev–Trinajstić information content (AvgIpc) is 2.40. The summed E-state index contributed by atoms with van der Waals surface area (Å²) < 4.78 is 15.9. The number of hydrogen-bond acceptors (Lipinski definition) is 4. The molecule has 0 aliphatic rings. The van der Waals surface area contributed by atoms with Crippen molar-refractivity contribution in [2.24, 2.45) is 5.73 Å². The Morgan fingerprint density at radius 2 is 2.00 bits per heavy atom. The van der Waals surface area contributed by atoms with Gasteiger partial charge in [-0.3, -0.25) is 0 Å². The third-order valence-electron chi connectivity index (χ3n) is 2.83. The molecule has 4 nitrogen and oxygen atoms in total. The summed E-state index contributed by atoms with van der Waals surface area (Å²) in [6.45, 7) is 3.17. The summed E-state index contributed by atoms with van der Waals surface area (Å²) in [5.41, 5.74) is 7.10. The van der Waals surface area contributed by atoms with Gasteiger partial charge in [-0.15, -0.1) is 0 Å². The maximum Gasteiger partial charge on any atom is 0.126 e. The van der Waals surface area contributed by atoms with E-state index in [1.54, 1.807) is 14.2 Å². The molecule has 1 atom stereocenters. The first-order chi connectivity index (χ1) is 8.71. The van der Waals surface area contributed by atoms with Gasteiger partial charge in [0, 0.05) is 19.2 Å². The first-order valence-corrected chi connectivity index (χ1v) is 6.25. The highest BCUT2D eigenvalue weighted by Crippen LogP contribution is 2.26. The summed E-state index contributed by atoms with van der Waals surface area (Å²) in [5.74, 6) is 1.62. The highest BCUT2D eigenvalue weighted by atomic mass is 16.5. The minimum atomic E-state index is 0.156. The molecular formula is C14H23NO3. The minimum Gasteiger partial charge on any atom is -0.497 e. The molecule has 1 unspecified atom stereocenters. The van der Waals surface area contributed by atoms with Crippen LogP contribution >= 0.6 is 0 Å².